The summed E-state index contributed by atoms with van der Waals surface area (Å²) in [6.07, 6.45) is 0.891. The molecule has 1 aliphatic rings. The maximum Gasteiger partial charge on any atom is 0.240 e. The van der Waals surface area contributed by atoms with E-state index in [0.29, 0.717) is 19.8 Å². The molecule has 0 radical (unpaired) electrons. The molecule has 1 aromatic carbocycles. The minimum absolute atomic E-state index is 0.0224. The van der Waals surface area contributed by atoms with Crippen LogP contribution in [-0.4, -0.2) is 47.9 Å². The van der Waals surface area contributed by atoms with Crippen molar-refractivity contribution in [3.63, 3.8) is 0 Å². The Morgan fingerprint density at radius 1 is 1.48 bits per heavy atom. The minimum atomic E-state index is -3.74. The molecule has 23 heavy (non-hydrogen) atoms. The van der Waals surface area contributed by atoms with Gasteiger partial charge in [0, 0.05) is 25.1 Å². The van der Waals surface area contributed by atoms with Crippen molar-refractivity contribution in [2.45, 2.75) is 24.3 Å². The lowest BCUT2D eigenvalue weighted by Gasteiger charge is -2.14. The van der Waals surface area contributed by atoms with Crippen LogP contribution in [-0.2, 0) is 14.8 Å². The largest absolute Gasteiger partial charge is 0.490 e. The first kappa shape index (κ1) is 18.1. The van der Waals surface area contributed by atoms with Gasteiger partial charge < -0.3 is 14.8 Å². The van der Waals surface area contributed by atoms with Crippen molar-refractivity contribution >= 4 is 10.0 Å². The van der Waals surface area contributed by atoms with Crippen molar-refractivity contribution < 1.29 is 22.3 Å². The van der Waals surface area contributed by atoms with Crippen LogP contribution in [0.2, 0.25) is 0 Å². The number of hydrogen-bond acceptors (Lipinski definition) is 5. The Hall–Kier alpha value is -1.22. The minimum Gasteiger partial charge on any atom is -0.490 e. The number of sulfonamides is 1. The molecule has 1 heterocycles. The normalized spacial score (nSPS) is 19.7. The Bertz CT molecular complexity index is 618. The zero-order valence-electron chi connectivity index (χ0n) is 13.3. The fourth-order valence-electron chi connectivity index (χ4n) is 2.11. The van der Waals surface area contributed by atoms with E-state index in [1.54, 1.807) is 7.05 Å². The van der Waals surface area contributed by atoms with Crippen molar-refractivity contribution in [1.29, 1.82) is 0 Å². The molecular weight excluding hydrogens is 323 g/mol. The van der Waals surface area contributed by atoms with E-state index >= 15 is 0 Å². The fraction of sp³-hybridized carbons (Fsp3) is 0.600. The van der Waals surface area contributed by atoms with Gasteiger partial charge in [0.05, 0.1) is 18.1 Å². The lowest BCUT2D eigenvalue weighted by Crippen LogP contribution is -2.37. The van der Waals surface area contributed by atoms with Gasteiger partial charge in [-0.05, 0) is 38.6 Å². The van der Waals surface area contributed by atoms with E-state index in [4.69, 9.17) is 9.47 Å². The predicted octanol–water partition coefficient (Wildman–Crippen LogP) is 1.13. The highest BCUT2D eigenvalue weighted by molar-refractivity contribution is 7.89. The molecule has 2 rings (SSSR count). The van der Waals surface area contributed by atoms with Gasteiger partial charge in [-0.3, -0.25) is 0 Å². The molecular formula is C15H23FN2O4S. The Morgan fingerprint density at radius 2 is 2.26 bits per heavy atom. The van der Waals surface area contributed by atoms with Gasteiger partial charge in [-0.15, -0.1) is 0 Å². The van der Waals surface area contributed by atoms with E-state index in [0.717, 1.165) is 12.5 Å². The highest BCUT2D eigenvalue weighted by atomic mass is 32.2. The van der Waals surface area contributed by atoms with E-state index in [1.807, 2.05) is 6.92 Å². The van der Waals surface area contributed by atoms with Gasteiger partial charge in [-0.25, -0.2) is 17.5 Å². The second kappa shape index (κ2) is 8.05. The Kier molecular flexibility index (Phi) is 6.34. The van der Waals surface area contributed by atoms with Crippen molar-refractivity contribution in [1.82, 2.24) is 10.0 Å². The SMILES string of the molecule is CNC(C)CNS(=O)(=O)c1ccc(OCC2CCOC2)c(F)c1. The van der Waals surface area contributed by atoms with E-state index in [2.05, 4.69) is 10.0 Å². The summed E-state index contributed by atoms with van der Waals surface area (Å²) in [5.41, 5.74) is 0. The van der Waals surface area contributed by atoms with Crippen molar-refractivity contribution in [3.05, 3.63) is 24.0 Å². The first-order valence-electron chi connectivity index (χ1n) is 7.59. The summed E-state index contributed by atoms with van der Waals surface area (Å²) in [7, 11) is -2.00. The highest BCUT2D eigenvalue weighted by Gasteiger charge is 2.19. The predicted molar refractivity (Wildman–Crippen MR) is 84.5 cm³/mol. The van der Waals surface area contributed by atoms with Crippen molar-refractivity contribution in [3.8, 4) is 5.75 Å². The smallest absolute Gasteiger partial charge is 0.240 e. The third-order valence-corrected chi connectivity index (χ3v) is 5.21. The van der Waals surface area contributed by atoms with Crippen LogP contribution >= 0.6 is 0 Å². The second-order valence-electron chi connectivity index (χ2n) is 5.67. The third kappa shape index (κ3) is 5.13. The van der Waals surface area contributed by atoms with E-state index in [-0.39, 0.29) is 29.1 Å². The van der Waals surface area contributed by atoms with Crippen LogP contribution in [0.25, 0.3) is 0 Å². The molecule has 0 bridgehead atoms. The maximum atomic E-state index is 14.1. The second-order valence-corrected chi connectivity index (χ2v) is 7.44. The van der Waals surface area contributed by atoms with Gasteiger partial charge in [0.25, 0.3) is 0 Å². The average Bonchev–Trinajstić information content (AvgIpc) is 3.04. The summed E-state index contributed by atoms with van der Waals surface area (Å²) in [5.74, 6) is -0.379. The van der Waals surface area contributed by atoms with Gasteiger partial charge in [0.15, 0.2) is 11.6 Å². The average molecular weight is 346 g/mol. The molecule has 1 aliphatic heterocycles. The maximum absolute atomic E-state index is 14.1. The van der Waals surface area contributed by atoms with Crippen molar-refractivity contribution in [2.75, 3.05) is 33.4 Å². The number of likely N-dealkylation sites (N-methyl/N-ethyl adjacent to an activating group) is 1. The lowest BCUT2D eigenvalue weighted by atomic mass is 10.1. The van der Waals surface area contributed by atoms with Crippen LogP contribution in [0.4, 0.5) is 4.39 Å². The summed E-state index contributed by atoms with van der Waals surface area (Å²) in [4.78, 5) is -0.116. The van der Waals surface area contributed by atoms with Crippen LogP contribution in [0.1, 0.15) is 13.3 Å². The van der Waals surface area contributed by atoms with Crippen LogP contribution in [0.15, 0.2) is 23.1 Å². The lowest BCUT2D eigenvalue weighted by molar-refractivity contribution is 0.165. The summed E-state index contributed by atoms with van der Waals surface area (Å²) in [6, 6.07) is 3.65. The van der Waals surface area contributed by atoms with Crippen LogP contribution in [0.5, 0.6) is 5.75 Å². The Morgan fingerprint density at radius 3 is 2.87 bits per heavy atom. The van der Waals surface area contributed by atoms with Gasteiger partial charge in [-0.2, -0.15) is 0 Å². The first-order valence-corrected chi connectivity index (χ1v) is 9.07. The molecule has 0 amide bonds. The highest BCUT2D eigenvalue weighted by Crippen LogP contribution is 2.22. The van der Waals surface area contributed by atoms with E-state index in [1.165, 1.54) is 12.1 Å². The first-order chi connectivity index (χ1) is 10.9. The molecule has 8 heteroatoms. The summed E-state index contributed by atoms with van der Waals surface area (Å²) in [5, 5.41) is 2.92. The monoisotopic (exact) mass is 346 g/mol. The van der Waals surface area contributed by atoms with Crippen LogP contribution in [0, 0.1) is 11.7 Å². The van der Waals surface area contributed by atoms with Gasteiger partial charge in [-0.1, -0.05) is 0 Å². The molecule has 6 nitrogen and oxygen atoms in total. The van der Waals surface area contributed by atoms with E-state index in [9.17, 15) is 12.8 Å². The molecule has 2 atom stereocenters. The molecule has 1 fully saturated rings. The molecule has 1 saturated heterocycles. The van der Waals surface area contributed by atoms with E-state index < -0.39 is 15.8 Å². The number of benzene rings is 1. The third-order valence-electron chi connectivity index (χ3n) is 3.78. The van der Waals surface area contributed by atoms with Gasteiger partial charge in [0.1, 0.15) is 0 Å². The number of halogens is 1. The number of ether oxygens (including phenoxy) is 2. The van der Waals surface area contributed by atoms with Crippen molar-refractivity contribution in [2.24, 2.45) is 5.92 Å². The molecule has 130 valence electrons. The molecule has 0 aliphatic carbocycles. The molecule has 2 N–H and O–H groups in total. The summed E-state index contributed by atoms with van der Waals surface area (Å²) in [6.45, 7) is 3.74. The molecule has 0 aromatic heterocycles. The number of hydrogen-bond donors (Lipinski definition) is 2. The van der Waals surface area contributed by atoms with Crippen LogP contribution < -0.4 is 14.8 Å². The topological polar surface area (TPSA) is 76.7 Å². The summed E-state index contributed by atoms with van der Waals surface area (Å²) >= 11 is 0. The Labute approximate surface area is 136 Å². The number of rotatable bonds is 8. The van der Waals surface area contributed by atoms with Crippen LogP contribution in [0.3, 0.4) is 0 Å². The quantitative estimate of drug-likeness (QED) is 0.738. The fourth-order valence-corrected chi connectivity index (χ4v) is 3.25. The zero-order chi connectivity index (χ0) is 16.9. The molecule has 0 saturated carbocycles. The standard InChI is InChI=1S/C15H23FN2O4S/c1-11(17-2)8-18-23(19,20)13-3-4-15(14(16)7-13)22-10-12-5-6-21-9-12/h3-4,7,11-12,17-18H,5-6,8-10H2,1-2H3. The van der Waals surface area contributed by atoms with Gasteiger partial charge in [0.2, 0.25) is 10.0 Å². The molecule has 2 unspecified atom stereocenters. The Balaban J connectivity index is 1.99. The zero-order valence-corrected chi connectivity index (χ0v) is 14.2. The molecule has 1 aromatic rings. The number of nitrogens with one attached hydrogen (secondary N) is 2. The van der Waals surface area contributed by atoms with Gasteiger partial charge >= 0.3 is 0 Å². The summed E-state index contributed by atoms with van der Waals surface area (Å²) < 4.78 is 51.4. The molecule has 0 spiro atoms.